The Hall–Kier alpha value is -1.73. The van der Waals surface area contributed by atoms with Crippen LogP contribution in [-0.2, 0) is 9.59 Å². The first-order chi connectivity index (χ1) is 10.3. The summed E-state index contributed by atoms with van der Waals surface area (Å²) in [6.45, 7) is 3.37. The maximum Gasteiger partial charge on any atom is 0.266 e. The molecule has 1 fully saturated rings. The molecule has 1 aliphatic rings. The molecule has 0 spiro atoms. The highest BCUT2D eigenvalue weighted by molar-refractivity contribution is 8.26. The molecule has 1 aromatic rings. The van der Waals surface area contributed by atoms with Gasteiger partial charge in [0, 0.05) is 0 Å². The third-order valence-electron chi connectivity index (χ3n) is 3.14. The highest BCUT2D eigenvalue weighted by Crippen LogP contribution is 2.35. The lowest BCUT2D eigenvalue weighted by molar-refractivity contribution is -0.311. The van der Waals surface area contributed by atoms with Gasteiger partial charge in [-0.2, -0.15) is 0 Å². The van der Waals surface area contributed by atoms with Crippen molar-refractivity contribution in [2.75, 3.05) is 0 Å². The van der Waals surface area contributed by atoms with Crippen LogP contribution in [0.15, 0.2) is 29.2 Å². The van der Waals surface area contributed by atoms with Crippen LogP contribution in [0.2, 0.25) is 0 Å². The molecular weight excluding hydrogens is 325 g/mol. The van der Waals surface area contributed by atoms with Crippen molar-refractivity contribution < 1.29 is 19.1 Å². The summed E-state index contributed by atoms with van der Waals surface area (Å²) < 4.78 is 13.1. The lowest BCUT2D eigenvalue weighted by atomic mass is 10.0. The van der Waals surface area contributed by atoms with Crippen molar-refractivity contribution in [1.29, 1.82) is 0 Å². The first-order valence-electron chi connectivity index (χ1n) is 6.54. The lowest BCUT2D eigenvalue weighted by Crippen LogP contribution is -2.52. The summed E-state index contributed by atoms with van der Waals surface area (Å²) in [6, 6.07) is 4.52. The van der Waals surface area contributed by atoms with Crippen molar-refractivity contribution >= 4 is 46.3 Å². The van der Waals surface area contributed by atoms with Crippen molar-refractivity contribution in [2.45, 2.75) is 19.9 Å². The van der Waals surface area contributed by atoms with Crippen LogP contribution in [0.3, 0.4) is 0 Å². The number of carbonyl (C=O) groups is 2. The fourth-order valence-electron chi connectivity index (χ4n) is 2.11. The fourth-order valence-corrected chi connectivity index (χ4v) is 3.44. The zero-order chi connectivity index (χ0) is 16.4. The van der Waals surface area contributed by atoms with Gasteiger partial charge in [0.05, 0.1) is 16.9 Å². The van der Waals surface area contributed by atoms with Gasteiger partial charge in [0.1, 0.15) is 10.1 Å². The van der Waals surface area contributed by atoms with Gasteiger partial charge in [0.25, 0.3) is 5.91 Å². The molecule has 0 N–H and O–H groups in total. The molecule has 0 radical (unpaired) electrons. The van der Waals surface area contributed by atoms with Crippen LogP contribution in [-0.4, -0.2) is 27.1 Å². The van der Waals surface area contributed by atoms with Gasteiger partial charge in [-0.1, -0.05) is 50.0 Å². The number of carbonyl (C=O) groups excluding carboxylic acids is 2. The molecule has 1 heterocycles. The van der Waals surface area contributed by atoms with Gasteiger partial charge in [-0.3, -0.25) is 9.69 Å². The molecule has 1 atom stereocenters. The summed E-state index contributed by atoms with van der Waals surface area (Å²) in [6.07, 6.45) is 1.56. The Kier molecular flexibility index (Phi) is 4.97. The molecule has 0 unspecified atom stereocenters. The molecular formula is C15H13FNO3S2-. The molecule has 22 heavy (non-hydrogen) atoms. The van der Waals surface area contributed by atoms with Gasteiger partial charge in [-0.15, -0.1) is 0 Å². The minimum absolute atomic E-state index is 0.182. The Morgan fingerprint density at radius 2 is 1.95 bits per heavy atom. The Morgan fingerprint density at radius 3 is 2.45 bits per heavy atom. The number of nitrogens with zero attached hydrogens (tertiary/aromatic N) is 1. The first kappa shape index (κ1) is 16.6. The average molecular weight is 338 g/mol. The lowest BCUT2D eigenvalue weighted by Gasteiger charge is -2.30. The number of hydrogen-bond acceptors (Lipinski definition) is 5. The Balaban J connectivity index is 2.32. The third kappa shape index (κ3) is 3.36. The summed E-state index contributed by atoms with van der Waals surface area (Å²) >= 11 is 6.15. The van der Waals surface area contributed by atoms with E-state index in [0.29, 0.717) is 10.5 Å². The second-order valence-electron chi connectivity index (χ2n) is 5.11. The number of halogens is 1. The average Bonchev–Trinajstić information content (AvgIpc) is 2.69. The molecule has 7 heteroatoms. The second kappa shape index (κ2) is 6.58. The molecule has 1 aromatic carbocycles. The minimum Gasteiger partial charge on any atom is -0.548 e. The molecule has 116 valence electrons. The van der Waals surface area contributed by atoms with Crippen molar-refractivity contribution in [3.63, 3.8) is 0 Å². The van der Waals surface area contributed by atoms with Crippen LogP contribution in [0.4, 0.5) is 4.39 Å². The summed E-state index contributed by atoms with van der Waals surface area (Å²) in [5.74, 6) is -2.52. The Morgan fingerprint density at radius 1 is 1.36 bits per heavy atom. The normalized spacial score (nSPS) is 18.4. The summed E-state index contributed by atoms with van der Waals surface area (Å²) in [5.41, 5.74) is 0.636. The molecule has 0 bridgehead atoms. The smallest absolute Gasteiger partial charge is 0.266 e. The van der Waals surface area contributed by atoms with E-state index < -0.39 is 17.9 Å². The molecule has 1 aliphatic heterocycles. The topological polar surface area (TPSA) is 60.4 Å². The van der Waals surface area contributed by atoms with E-state index in [2.05, 4.69) is 0 Å². The number of thioether (sulfide) groups is 1. The molecule has 1 saturated heterocycles. The van der Waals surface area contributed by atoms with Gasteiger partial charge in [-0.05, 0) is 29.7 Å². The standard InChI is InChI=1S/C15H14FNO3S2/c1-8(2)12(14(19)20)17-13(18)11(22-15(17)21)7-9-3-5-10(16)6-4-9/h3-8,12H,1-2H3,(H,19,20)/p-1/b11-7-/t12-/m0/s1. The summed E-state index contributed by atoms with van der Waals surface area (Å²) in [7, 11) is 0. The quantitative estimate of drug-likeness (QED) is 0.619. The van der Waals surface area contributed by atoms with Crippen LogP contribution < -0.4 is 5.11 Å². The predicted molar refractivity (Wildman–Crippen MR) is 85.0 cm³/mol. The third-order valence-corrected chi connectivity index (χ3v) is 4.47. The zero-order valence-corrected chi connectivity index (χ0v) is 13.5. The van der Waals surface area contributed by atoms with E-state index in [9.17, 15) is 19.1 Å². The van der Waals surface area contributed by atoms with E-state index in [1.54, 1.807) is 19.9 Å². The number of carboxylic acids is 1. The Bertz CT molecular complexity index is 655. The van der Waals surface area contributed by atoms with Crippen molar-refractivity contribution in [3.05, 3.63) is 40.6 Å². The van der Waals surface area contributed by atoms with Crippen LogP contribution in [0.25, 0.3) is 6.08 Å². The minimum atomic E-state index is -1.34. The maximum absolute atomic E-state index is 12.9. The van der Waals surface area contributed by atoms with Crippen LogP contribution in [0.5, 0.6) is 0 Å². The fraction of sp³-hybridized carbons (Fsp3) is 0.267. The van der Waals surface area contributed by atoms with Crippen molar-refractivity contribution in [1.82, 2.24) is 4.90 Å². The number of aliphatic carboxylic acids is 1. The zero-order valence-electron chi connectivity index (χ0n) is 11.9. The largest absolute Gasteiger partial charge is 0.548 e. The maximum atomic E-state index is 12.9. The molecule has 2 rings (SSSR count). The van der Waals surface area contributed by atoms with E-state index in [0.717, 1.165) is 16.7 Å². The van der Waals surface area contributed by atoms with Crippen molar-refractivity contribution in [2.24, 2.45) is 5.92 Å². The van der Waals surface area contributed by atoms with Gasteiger partial charge >= 0.3 is 0 Å². The van der Waals surface area contributed by atoms with Gasteiger partial charge in [-0.25, -0.2) is 4.39 Å². The van der Waals surface area contributed by atoms with Crippen LogP contribution >= 0.6 is 24.0 Å². The molecule has 4 nitrogen and oxygen atoms in total. The number of rotatable bonds is 4. The van der Waals surface area contributed by atoms with Gasteiger partial charge < -0.3 is 9.90 Å². The van der Waals surface area contributed by atoms with Crippen LogP contribution in [0.1, 0.15) is 19.4 Å². The van der Waals surface area contributed by atoms with E-state index in [-0.39, 0.29) is 16.1 Å². The first-order valence-corrected chi connectivity index (χ1v) is 7.77. The van der Waals surface area contributed by atoms with Crippen molar-refractivity contribution in [3.8, 4) is 0 Å². The highest BCUT2D eigenvalue weighted by atomic mass is 32.2. The number of benzene rings is 1. The van der Waals surface area contributed by atoms with E-state index in [1.807, 2.05) is 0 Å². The monoisotopic (exact) mass is 338 g/mol. The number of thiocarbonyl (C=S) groups is 1. The number of carboxylic acid groups (broad SMARTS) is 1. The SMILES string of the molecule is CC(C)[C@@H](C(=O)[O-])N1C(=O)/C(=C/c2ccc(F)cc2)SC1=S. The second-order valence-corrected chi connectivity index (χ2v) is 6.79. The number of amides is 1. The Labute approximate surface area is 137 Å². The molecule has 0 saturated carbocycles. The van der Waals surface area contributed by atoms with E-state index in [1.165, 1.54) is 24.3 Å². The van der Waals surface area contributed by atoms with Gasteiger partial charge in [0.15, 0.2) is 0 Å². The highest BCUT2D eigenvalue weighted by Gasteiger charge is 2.38. The molecule has 0 aromatic heterocycles. The molecule has 1 amide bonds. The molecule has 0 aliphatic carbocycles. The van der Waals surface area contributed by atoms with E-state index >= 15 is 0 Å². The van der Waals surface area contributed by atoms with Gasteiger partial charge in [0.2, 0.25) is 0 Å². The summed E-state index contributed by atoms with van der Waals surface area (Å²) in [4.78, 5) is 25.1. The van der Waals surface area contributed by atoms with E-state index in [4.69, 9.17) is 12.2 Å². The van der Waals surface area contributed by atoms with Crippen LogP contribution in [0, 0.1) is 11.7 Å². The predicted octanol–water partition coefficient (Wildman–Crippen LogP) is 1.80. The number of hydrogen-bond donors (Lipinski definition) is 0. The summed E-state index contributed by atoms with van der Waals surface area (Å²) in [5, 5.41) is 11.3.